The maximum atomic E-state index is 12.4. The van der Waals surface area contributed by atoms with Crippen molar-refractivity contribution in [2.75, 3.05) is 11.1 Å². The van der Waals surface area contributed by atoms with E-state index < -0.39 is 0 Å². The highest BCUT2D eigenvalue weighted by atomic mass is 32.2. The first kappa shape index (κ1) is 16.8. The number of rotatable bonds is 5. The van der Waals surface area contributed by atoms with Crippen molar-refractivity contribution in [3.8, 4) is 6.07 Å². The zero-order chi connectivity index (χ0) is 16.8. The van der Waals surface area contributed by atoms with E-state index in [1.165, 1.54) is 11.8 Å². The van der Waals surface area contributed by atoms with Gasteiger partial charge in [-0.15, -0.1) is 11.8 Å². The number of carbonyl (C=O) groups is 1. The fraction of sp³-hybridized carbons (Fsp3) is 0.167. The lowest BCUT2D eigenvalue weighted by atomic mass is 10.1. The summed E-state index contributed by atoms with van der Waals surface area (Å²) >= 11 is 1.45. The lowest BCUT2D eigenvalue weighted by Crippen LogP contribution is -2.15. The van der Waals surface area contributed by atoms with Crippen LogP contribution in [0.25, 0.3) is 0 Å². The molecule has 0 aliphatic carbocycles. The van der Waals surface area contributed by atoms with Gasteiger partial charge in [-0.25, -0.2) is 4.98 Å². The molecule has 0 aliphatic heterocycles. The lowest BCUT2D eigenvalue weighted by molar-refractivity contribution is 0.102. The number of nitrogens with one attached hydrogen (secondary N) is 1. The van der Waals surface area contributed by atoms with Crippen LogP contribution in [0.3, 0.4) is 0 Å². The fourth-order valence-electron chi connectivity index (χ4n) is 1.91. The third kappa shape index (κ3) is 4.44. The third-order valence-electron chi connectivity index (χ3n) is 3.03. The molecule has 0 atom stereocenters. The molecule has 0 aliphatic rings. The Bertz CT molecular complexity index is 779. The van der Waals surface area contributed by atoms with E-state index in [1.54, 1.807) is 13.0 Å². The lowest BCUT2D eigenvalue weighted by Gasteiger charge is -2.10. The zero-order valence-electron chi connectivity index (χ0n) is 13.1. The summed E-state index contributed by atoms with van der Waals surface area (Å²) in [6.45, 7) is 7.54. The second kappa shape index (κ2) is 7.61. The first-order valence-electron chi connectivity index (χ1n) is 7.06. The van der Waals surface area contributed by atoms with Crippen molar-refractivity contribution in [3.05, 3.63) is 65.4 Å². The number of para-hydroxylation sites is 1. The second-order valence-electron chi connectivity index (χ2n) is 5.15. The van der Waals surface area contributed by atoms with Gasteiger partial charge in [0.25, 0.3) is 5.91 Å². The standard InChI is InChI=1S/C18H17N3OS/c1-12(2)11-23-18-14(10-19)9-16(13(3)20-18)17(22)21-15-7-5-4-6-8-15/h4-9H,1,11H2,2-3H3,(H,21,22). The number of thioether (sulfide) groups is 1. The van der Waals surface area contributed by atoms with E-state index in [4.69, 9.17) is 0 Å². The van der Waals surface area contributed by atoms with Crippen LogP contribution in [0.15, 0.2) is 53.6 Å². The van der Waals surface area contributed by atoms with Crippen molar-refractivity contribution in [1.82, 2.24) is 4.98 Å². The summed E-state index contributed by atoms with van der Waals surface area (Å²) < 4.78 is 0. The molecular formula is C18H17N3OS. The van der Waals surface area contributed by atoms with Gasteiger partial charge in [-0.05, 0) is 32.0 Å². The number of nitrogens with zero attached hydrogens (tertiary/aromatic N) is 2. The van der Waals surface area contributed by atoms with Crippen molar-refractivity contribution in [2.24, 2.45) is 0 Å². The van der Waals surface area contributed by atoms with E-state index in [-0.39, 0.29) is 5.91 Å². The first-order chi connectivity index (χ1) is 11.0. The number of pyridine rings is 1. The van der Waals surface area contributed by atoms with Crippen molar-refractivity contribution in [2.45, 2.75) is 18.9 Å². The number of aryl methyl sites for hydroxylation is 1. The average molecular weight is 323 g/mol. The Balaban J connectivity index is 2.27. The molecule has 2 aromatic rings. The molecule has 2 rings (SSSR count). The predicted molar refractivity (Wildman–Crippen MR) is 93.6 cm³/mol. The topological polar surface area (TPSA) is 65.8 Å². The third-order valence-corrected chi connectivity index (χ3v) is 4.25. The molecule has 1 aromatic heterocycles. The Kier molecular flexibility index (Phi) is 5.56. The molecular weight excluding hydrogens is 306 g/mol. The van der Waals surface area contributed by atoms with E-state index in [1.807, 2.05) is 37.3 Å². The summed E-state index contributed by atoms with van der Waals surface area (Å²) in [5.74, 6) is 0.422. The molecule has 1 heterocycles. The highest BCUT2D eigenvalue weighted by Gasteiger charge is 2.15. The van der Waals surface area contributed by atoms with E-state index in [0.717, 1.165) is 5.57 Å². The molecule has 0 radical (unpaired) electrons. The number of aromatic nitrogens is 1. The summed E-state index contributed by atoms with van der Waals surface area (Å²) in [5.41, 5.74) is 3.12. The number of hydrogen-bond donors (Lipinski definition) is 1. The van der Waals surface area contributed by atoms with E-state index in [9.17, 15) is 10.1 Å². The quantitative estimate of drug-likeness (QED) is 0.662. The molecule has 0 saturated heterocycles. The van der Waals surface area contributed by atoms with Gasteiger partial charge in [-0.3, -0.25) is 4.79 Å². The maximum absolute atomic E-state index is 12.4. The number of benzene rings is 1. The van der Waals surface area contributed by atoms with Crippen LogP contribution < -0.4 is 5.32 Å². The predicted octanol–water partition coefficient (Wildman–Crippen LogP) is 4.18. The van der Waals surface area contributed by atoms with Gasteiger partial charge in [0.15, 0.2) is 0 Å². The van der Waals surface area contributed by atoms with E-state index >= 15 is 0 Å². The highest BCUT2D eigenvalue weighted by Crippen LogP contribution is 2.24. The Morgan fingerprint density at radius 3 is 2.70 bits per heavy atom. The minimum absolute atomic E-state index is 0.269. The van der Waals surface area contributed by atoms with Gasteiger partial charge in [-0.2, -0.15) is 5.26 Å². The summed E-state index contributed by atoms with van der Waals surface area (Å²) in [4.78, 5) is 16.8. The van der Waals surface area contributed by atoms with E-state index in [0.29, 0.717) is 33.3 Å². The molecule has 1 aromatic carbocycles. The minimum Gasteiger partial charge on any atom is -0.322 e. The van der Waals surface area contributed by atoms with Crippen LogP contribution in [0.5, 0.6) is 0 Å². The molecule has 0 unspecified atom stereocenters. The molecule has 23 heavy (non-hydrogen) atoms. The van der Waals surface area contributed by atoms with Gasteiger partial charge in [-0.1, -0.05) is 30.4 Å². The minimum atomic E-state index is -0.269. The van der Waals surface area contributed by atoms with Gasteiger partial charge < -0.3 is 5.32 Å². The molecule has 1 amide bonds. The smallest absolute Gasteiger partial charge is 0.257 e. The van der Waals surface area contributed by atoms with Crippen LogP contribution in [0.4, 0.5) is 5.69 Å². The second-order valence-corrected chi connectivity index (χ2v) is 6.12. The van der Waals surface area contributed by atoms with Crippen LogP contribution in [-0.2, 0) is 0 Å². The van der Waals surface area contributed by atoms with Crippen LogP contribution in [0, 0.1) is 18.3 Å². The van der Waals surface area contributed by atoms with Gasteiger partial charge >= 0.3 is 0 Å². The molecule has 0 fully saturated rings. The van der Waals surface area contributed by atoms with Gasteiger partial charge in [0.05, 0.1) is 16.8 Å². The number of nitriles is 1. The van der Waals surface area contributed by atoms with Gasteiger partial charge in [0.2, 0.25) is 0 Å². The number of hydrogen-bond acceptors (Lipinski definition) is 4. The summed E-state index contributed by atoms with van der Waals surface area (Å²) in [6.07, 6.45) is 0. The summed E-state index contributed by atoms with van der Waals surface area (Å²) in [7, 11) is 0. The monoisotopic (exact) mass is 323 g/mol. The van der Waals surface area contributed by atoms with Crippen LogP contribution in [0.2, 0.25) is 0 Å². The Morgan fingerprint density at radius 2 is 2.09 bits per heavy atom. The average Bonchev–Trinajstić information content (AvgIpc) is 2.53. The van der Waals surface area contributed by atoms with E-state index in [2.05, 4.69) is 22.9 Å². The zero-order valence-corrected chi connectivity index (χ0v) is 13.9. The Labute approximate surface area is 140 Å². The summed E-state index contributed by atoms with van der Waals surface area (Å²) in [6, 6.07) is 12.9. The normalized spacial score (nSPS) is 9.96. The van der Waals surface area contributed by atoms with Crippen LogP contribution in [0.1, 0.15) is 28.5 Å². The van der Waals surface area contributed by atoms with Crippen LogP contribution >= 0.6 is 11.8 Å². The molecule has 116 valence electrons. The Hall–Kier alpha value is -2.58. The SMILES string of the molecule is C=C(C)CSc1nc(C)c(C(=O)Nc2ccccc2)cc1C#N. The van der Waals surface area contributed by atoms with Crippen molar-refractivity contribution in [3.63, 3.8) is 0 Å². The summed E-state index contributed by atoms with van der Waals surface area (Å²) in [5, 5.41) is 12.8. The molecule has 0 saturated carbocycles. The number of amides is 1. The highest BCUT2D eigenvalue weighted by molar-refractivity contribution is 7.99. The first-order valence-corrected chi connectivity index (χ1v) is 8.05. The maximum Gasteiger partial charge on any atom is 0.257 e. The fourth-order valence-corrected chi connectivity index (χ4v) is 2.76. The molecule has 0 spiro atoms. The molecule has 0 bridgehead atoms. The van der Waals surface area contributed by atoms with Gasteiger partial charge in [0, 0.05) is 11.4 Å². The molecule has 1 N–H and O–H groups in total. The van der Waals surface area contributed by atoms with Crippen molar-refractivity contribution in [1.29, 1.82) is 5.26 Å². The Morgan fingerprint density at radius 1 is 1.39 bits per heavy atom. The van der Waals surface area contributed by atoms with Crippen molar-refractivity contribution >= 4 is 23.4 Å². The molecule has 4 nitrogen and oxygen atoms in total. The van der Waals surface area contributed by atoms with Gasteiger partial charge in [0.1, 0.15) is 11.1 Å². The largest absolute Gasteiger partial charge is 0.322 e. The number of carbonyl (C=O) groups excluding carboxylic acids is 1. The van der Waals surface area contributed by atoms with Crippen molar-refractivity contribution < 1.29 is 4.79 Å². The number of anilines is 1. The van der Waals surface area contributed by atoms with Crippen LogP contribution in [-0.4, -0.2) is 16.6 Å². The molecule has 5 heteroatoms.